The molecule has 0 bridgehead atoms. The summed E-state index contributed by atoms with van der Waals surface area (Å²) in [5, 5.41) is 12.6. The summed E-state index contributed by atoms with van der Waals surface area (Å²) in [5.74, 6) is 0.784. The van der Waals surface area contributed by atoms with E-state index in [1.54, 1.807) is 25.6 Å². The van der Waals surface area contributed by atoms with E-state index < -0.39 is 5.54 Å². The molecule has 10 heteroatoms. The molecule has 0 N–H and O–H groups in total. The van der Waals surface area contributed by atoms with Crippen molar-refractivity contribution in [3.8, 4) is 0 Å². The zero-order valence-electron chi connectivity index (χ0n) is 16.7. The van der Waals surface area contributed by atoms with Crippen molar-refractivity contribution >= 4 is 5.91 Å². The van der Waals surface area contributed by atoms with Gasteiger partial charge in [-0.3, -0.25) is 14.7 Å². The van der Waals surface area contributed by atoms with Crippen LogP contribution >= 0.6 is 0 Å². The van der Waals surface area contributed by atoms with Gasteiger partial charge in [-0.25, -0.2) is 4.68 Å². The summed E-state index contributed by atoms with van der Waals surface area (Å²) < 4.78 is 12.6. The van der Waals surface area contributed by atoms with Crippen LogP contribution in [0.3, 0.4) is 0 Å². The highest BCUT2D eigenvalue weighted by molar-refractivity contribution is 5.94. The van der Waals surface area contributed by atoms with Crippen LogP contribution in [0.25, 0.3) is 0 Å². The lowest BCUT2D eigenvalue weighted by atomic mass is 9.85. The number of carbonyl (C=O) groups is 1. The summed E-state index contributed by atoms with van der Waals surface area (Å²) in [4.78, 5) is 21.6. The third kappa shape index (κ3) is 4.00. The van der Waals surface area contributed by atoms with Gasteiger partial charge in [-0.2, -0.15) is 0 Å². The predicted molar refractivity (Wildman–Crippen MR) is 103 cm³/mol. The number of hydrogen-bond acceptors (Lipinski definition) is 8. The molecule has 2 saturated heterocycles. The maximum absolute atomic E-state index is 13.2. The quantitative estimate of drug-likeness (QED) is 0.676. The minimum atomic E-state index is -0.447. The smallest absolute Gasteiger partial charge is 0.255 e. The largest absolute Gasteiger partial charge is 0.383 e. The van der Waals surface area contributed by atoms with Gasteiger partial charge in [-0.15, -0.1) is 5.10 Å². The van der Waals surface area contributed by atoms with Crippen LogP contribution in [0, 0.1) is 0 Å². The normalized spacial score (nSPS) is 23.3. The monoisotopic (exact) mass is 401 g/mol. The summed E-state index contributed by atoms with van der Waals surface area (Å²) in [6.07, 6.45) is 5.06. The molecule has 1 atom stereocenters. The molecule has 10 nitrogen and oxygen atoms in total. The number of aromatic nitrogens is 5. The molecule has 2 aliphatic heterocycles. The number of methoxy groups -OCH3 is 1. The average Bonchev–Trinajstić information content (AvgIpc) is 3.27. The highest BCUT2D eigenvalue weighted by Gasteiger charge is 2.47. The zero-order chi connectivity index (χ0) is 20.1. The number of amides is 1. The van der Waals surface area contributed by atoms with Crippen molar-refractivity contribution in [1.29, 1.82) is 0 Å². The molecule has 0 spiro atoms. The van der Waals surface area contributed by atoms with Gasteiger partial charge in [0.2, 0.25) is 0 Å². The van der Waals surface area contributed by atoms with Gasteiger partial charge in [0.25, 0.3) is 5.91 Å². The third-order valence-corrected chi connectivity index (χ3v) is 5.74. The first-order valence-electron chi connectivity index (χ1n) is 10.0. The molecule has 29 heavy (non-hydrogen) atoms. The molecule has 0 aliphatic carbocycles. The van der Waals surface area contributed by atoms with Gasteiger partial charge < -0.3 is 14.4 Å². The second-order valence-corrected chi connectivity index (χ2v) is 7.42. The van der Waals surface area contributed by atoms with E-state index in [1.807, 2.05) is 15.6 Å². The molecule has 2 fully saturated rings. The van der Waals surface area contributed by atoms with Crippen molar-refractivity contribution in [3.63, 3.8) is 0 Å². The van der Waals surface area contributed by atoms with Crippen molar-refractivity contribution in [2.45, 2.75) is 24.9 Å². The molecule has 2 aromatic heterocycles. The van der Waals surface area contributed by atoms with Gasteiger partial charge in [0.15, 0.2) is 5.82 Å². The van der Waals surface area contributed by atoms with E-state index in [4.69, 9.17) is 9.47 Å². The topological polar surface area (TPSA) is 98.5 Å². The molecular formula is C19H27N7O3. The van der Waals surface area contributed by atoms with Crippen molar-refractivity contribution in [2.24, 2.45) is 0 Å². The van der Waals surface area contributed by atoms with E-state index in [0.717, 1.165) is 31.8 Å². The number of nitrogens with zero attached hydrogens (tertiary/aromatic N) is 7. The van der Waals surface area contributed by atoms with E-state index in [0.29, 0.717) is 45.0 Å². The number of morpholine rings is 1. The van der Waals surface area contributed by atoms with Crippen LogP contribution in [0.15, 0.2) is 24.5 Å². The van der Waals surface area contributed by atoms with E-state index >= 15 is 0 Å². The lowest BCUT2D eigenvalue weighted by molar-refractivity contribution is -0.0573. The van der Waals surface area contributed by atoms with Gasteiger partial charge in [0, 0.05) is 45.7 Å². The Kier molecular flexibility index (Phi) is 6.12. The summed E-state index contributed by atoms with van der Waals surface area (Å²) in [6, 6.07) is 3.60. The molecule has 2 aliphatic rings. The summed E-state index contributed by atoms with van der Waals surface area (Å²) >= 11 is 0. The van der Waals surface area contributed by atoms with Crippen molar-refractivity contribution < 1.29 is 14.3 Å². The molecule has 1 unspecified atom stereocenters. The SMILES string of the molecule is COCCn1nnnc1C1(N2CCOCC2)CCCN(C(=O)c2cccnc2)C1. The van der Waals surface area contributed by atoms with Crippen molar-refractivity contribution in [1.82, 2.24) is 35.0 Å². The van der Waals surface area contributed by atoms with Crippen molar-refractivity contribution in [3.05, 3.63) is 35.9 Å². The van der Waals surface area contributed by atoms with Gasteiger partial charge in [-0.05, 0) is 35.4 Å². The summed E-state index contributed by atoms with van der Waals surface area (Å²) in [6.45, 7) is 5.23. The Labute approximate surface area is 169 Å². The molecule has 1 amide bonds. The Morgan fingerprint density at radius 3 is 2.93 bits per heavy atom. The zero-order valence-corrected chi connectivity index (χ0v) is 16.7. The van der Waals surface area contributed by atoms with Crippen LogP contribution in [-0.4, -0.2) is 94.0 Å². The van der Waals surface area contributed by atoms with E-state index in [9.17, 15) is 4.79 Å². The minimum Gasteiger partial charge on any atom is -0.383 e. The second kappa shape index (κ2) is 8.93. The summed E-state index contributed by atoms with van der Waals surface area (Å²) in [5.41, 5.74) is 0.154. The van der Waals surface area contributed by atoms with Crippen LogP contribution in [0.2, 0.25) is 0 Å². The Bertz CT molecular complexity index is 809. The van der Waals surface area contributed by atoms with E-state index in [2.05, 4.69) is 25.4 Å². The first kappa shape index (κ1) is 19.9. The lowest BCUT2D eigenvalue weighted by Crippen LogP contribution is -2.61. The fourth-order valence-electron chi connectivity index (χ4n) is 4.32. The Balaban J connectivity index is 1.67. The van der Waals surface area contributed by atoms with E-state index in [-0.39, 0.29) is 5.91 Å². The highest BCUT2D eigenvalue weighted by atomic mass is 16.5. The number of piperidine rings is 1. The number of ether oxygens (including phenoxy) is 2. The number of tetrazole rings is 1. The average molecular weight is 401 g/mol. The lowest BCUT2D eigenvalue weighted by Gasteiger charge is -2.49. The highest BCUT2D eigenvalue weighted by Crippen LogP contribution is 2.37. The molecule has 4 heterocycles. The maximum atomic E-state index is 13.2. The van der Waals surface area contributed by atoms with Gasteiger partial charge in [0.05, 0.1) is 31.9 Å². The Morgan fingerprint density at radius 1 is 1.31 bits per heavy atom. The van der Waals surface area contributed by atoms with Gasteiger partial charge in [0.1, 0.15) is 5.54 Å². The van der Waals surface area contributed by atoms with Crippen LogP contribution in [0.4, 0.5) is 0 Å². The van der Waals surface area contributed by atoms with Crippen LogP contribution in [0.1, 0.15) is 29.0 Å². The standard InChI is InChI=1S/C19H27N7O3/c1-28-11-10-26-18(21-22-23-26)19(25-8-12-29-13-9-25)5-3-7-24(15-19)17(27)16-4-2-6-20-14-16/h2,4,6,14H,3,5,7-13,15H2,1H3. The summed E-state index contributed by atoms with van der Waals surface area (Å²) in [7, 11) is 1.66. The molecule has 156 valence electrons. The number of pyridine rings is 1. The molecule has 0 aromatic carbocycles. The fourth-order valence-corrected chi connectivity index (χ4v) is 4.32. The van der Waals surface area contributed by atoms with Crippen LogP contribution in [-0.2, 0) is 21.6 Å². The fraction of sp³-hybridized carbons (Fsp3) is 0.632. The molecule has 0 radical (unpaired) electrons. The second-order valence-electron chi connectivity index (χ2n) is 7.42. The van der Waals surface area contributed by atoms with E-state index in [1.165, 1.54) is 0 Å². The maximum Gasteiger partial charge on any atom is 0.255 e. The van der Waals surface area contributed by atoms with Crippen LogP contribution < -0.4 is 0 Å². The molecular weight excluding hydrogens is 374 g/mol. The number of carbonyl (C=O) groups excluding carboxylic acids is 1. The Hall–Kier alpha value is -2.43. The first-order valence-corrected chi connectivity index (χ1v) is 10.0. The molecule has 2 aromatic rings. The van der Waals surface area contributed by atoms with Gasteiger partial charge >= 0.3 is 0 Å². The van der Waals surface area contributed by atoms with Gasteiger partial charge in [-0.1, -0.05) is 0 Å². The minimum absolute atomic E-state index is 0.00801. The molecule has 0 saturated carbocycles. The van der Waals surface area contributed by atoms with Crippen LogP contribution in [0.5, 0.6) is 0 Å². The number of rotatable bonds is 6. The predicted octanol–water partition coefficient (Wildman–Crippen LogP) is 0.178. The Morgan fingerprint density at radius 2 is 2.17 bits per heavy atom. The van der Waals surface area contributed by atoms with Crippen molar-refractivity contribution in [2.75, 3.05) is 53.1 Å². The number of hydrogen-bond donors (Lipinski definition) is 0. The molecule has 4 rings (SSSR count). The third-order valence-electron chi connectivity index (χ3n) is 5.74. The number of likely N-dealkylation sites (tertiary alicyclic amines) is 1. The first-order chi connectivity index (χ1) is 14.2.